The number of amides is 1. The second kappa shape index (κ2) is 9.51. The molecular weight excluding hydrogens is 410 g/mol. The molecule has 3 atom stereocenters. The molecule has 3 unspecified atom stereocenters. The number of benzene rings is 2. The lowest BCUT2D eigenvalue weighted by Crippen LogP contribution is -2.46. The Kier molecular flexibility index (Phi) is 6.74. The molecule has 1 aliphatic heterocycles. The molecule has 0 saturated carbocycles. The molecule has 2 aromatic rings. The van der Waals surface area contributed by atoms with Gasteiger partial charge in [-0.1, -0.05) is 49.4 Å². The van der Waals surface area contributed by atoms with Crippen molar-refractivity contribution in [3.63, 3.8) is 0 Å². The Labute approximate surface area is 185 Å². The largest absolute Gasteiger partial charge is 0.352 e. The normalized spacial score (nSPS) is 24.0. The van der Waals surface area contributed by atoms with E-state index in [9.17, 15) is 13.2 Å². The van der Waals surface area contributed by atoms with Gasteiger partial charge in [-0.05, 0) is 48.9 Å². The van der Waals surface area contributed by atoms with Crippen LogP contribution in [-0.4, -0.2) is 50.9 Å². The Bertz CT molecular complexity index is 1010. The highest BCUT2D eigenvalue weighted by atomic mass is 32.2. The maximum Gasteiger partial charge on any atom is 0.240 e. The minimum atomic E-state index is -3.53. The van der Waals surface area contributed by atoms with Crippen molar-refractivity contribution in [1.82, 2.24) is 14.9 Å². The van der Waals surface area contributed by atoms with Gasteiger partial charge in [-0.2, -0.15) is 0 Å². The van der Waals surface area contributed by atoms with Crippen LogP contribution in [0.3, 0.4) is 0 Å². The summed E-state index contributed by atoms with van der Waals surface area (Å²) in [6.07, 6.45) is 3.65. The molecule has 1 saturated heterocycles. The SMILES string of the molecule is CCC1c2ccccc2CCC1NC(=O)CN1CCC(NS(=O)(=O)c2ccccc2)C1. The van der Waals surface area contributed by atoms with Gasteiger partial charge in [0.2, 0.25) is 15.9 Å². The third kappa shape index (κ3) is 5.17. The molecule has 2 N–H and O–H groups in total. The van der Waals surface area contributed by atoms with E-state index in [-0.39, 0.29) is 22.9 Å². The Morgan fingerprint density at radius 3 is 2.58 bits per heavy atom. The van der Waals surface area contributed by atoms with Gasteiger partial charge in [0.1, 0.15) is 0 Å². The highest BCUT2D eigenvalue weighted by molar-refractivity contribution is 7.89. The maximum absolute atomic E-state index is 12.8. The van der Waals surface area contributed by atoms with Crippen molar-refractivity contribution in [3.8, 4) is 0 Å². The summed E-state index contributed by atoms with van der Waals surface area (Å²) >= 11 is 0. The van der Waals surface area contributed by atoms with Crippen LogP contribution in [0.1, 0.15) is 43.2 Å². The van der Waals surface area contributed by atoms with Crippen LogP contribution in [0.2, 0.25) is 0 Å². The van der Waals surface area contributed by atoms with Gasteiger partial charge < -0.3 is 5.32 Å². The molecule has 7 heteroatoms. The molecule has 0 spiro atoms. The van der Waals surface area contributed by atoms with Crippen molar-refractivity contribution < 1.29 is 13.2 Å². The Balaban J connectivity index is 1.30. The first kappa shape index (κ1) is 22.0. The number of hydrogen-bond donors (Lipinski definition) is 2. The van der Waals surface area contributed by atoms with Crippen LogP contribution in [0.4, 0.5) is 0 Å². The molecule has 2 aromatic carbocycles. The number of sulfonamides is 1. The molecule has 1 heterocycles. The second-order valence-electron chi connectivity index (χ2n) is 8.58. The second-order valence-corrected chi connectivity index (χ2v) is 10.3. The van der Waals surface area contributed by atoms with Crippen molar-refractivity contribution in [1.29, 1.82) is 0 Å². The standard InChI is InChI=1S/C24H31N3O3S/c1-2-21-22-11-7-6-8-18(22)12-13-23(21)25-24(28)17-27-15-14-19(16-27)26-31(29,30)20-9-4-3-5-10-20/h3-11,19,21,23,26H,2,12-17H2,1H3,(H,25,28). The van der Waals surface area contributed by atoms with Gasteiger partial charge >= 0.3 is 0 Å². The first-order valence-electron chi connectivity index (χ1n) is 11.1. The quantitative estimate of drug-likeness (QED) is 0.693. The zero-order valence-electron chi connectivity index (χ0n) is 18.0. The predicted octanol–water partition coefficient (Wildman–Crippen LogP) is 2.66. The molecule has 1 amide bonds. The highest BCUT2D eigenvalue weighted by Gasteiger charge is 2.31. The molecule has 6 nitrogen and oxygen atoms in total. The van der Waals surface area contributed by atoms with Crippen molar-refractivity contribution in [2.45, 2.75) is 55.5 Å². The van der Waals surface area contributed by atoms with E-state index < -0.39 is 10.0 Å². The van der Waals surface area contributed by atoms with Gasteiger partial charge in [0, 0.05) is 31.1 Å². The summed E-state index contributed by atoms with van der Waals surface area (Å²) in [5.41, 5.74) is 2.76. The Morgan fingerprint density at radius 1 is 1.06 bits per heavy atom. The molecule has 31 heavy (non-hydrogen) atoms. The van der Waals surface area contributed by atoms with Crippen LogP contribution < -0.4 is 10.0 Å². The molecule has 1 aliphatic carbocycles. The topological polar surface area (TPSA) is 78.5 Å². The summed E-state index contributed by atoms with van der Waals surface area (Å²) in [6.45, 7) is 3.73. The number of likely N-dealkylation sites (tertiary alicyclic amines) is 1. The van der Waals surface area contributed by atoms with E-state index in [1.54, 1.807) is 30.3 Å². The van der Waals surface area contributed by atoms with Gasteiger partial charge in [0.05, 0.1) is 11.4 Å². The average Bonchev–Trinajstić information content (AvgIpc) is 3.20. The average molecular weight is 442 g/mol. The number of nitrogens with one attached hydrogen (secondary N) is 2. The minimum absolute atomic E-state index is 0.0226. The van der Waals surface area contributed by atoms with E-state index in [2.05, 4.69) is 41.2 Å². The van der Waals surface area contributed by atoms with Crippen molar-refractivity contribution in [2.24, 2.45) is 0 Å². The first-order chi connectivity index (χ1) is 15.0. The number of rotatable bonds is 7. The van der Waals surface area contributed by atoms with Crippen LogP contribution >= 0.6 is 0 Å². The minimum Gasteiger partial charge on any atom is -0.352 e. The summed E-state index contributed by atoms with van der Waals surface area (Å²) in [7, 11) is -3.53. The predicted molar refractivity (Wildman–Crippen MR) is 121 cm³/mol. The van der Waals surface area contributed by atoms with Crippen molar-refractivity contribution in [2.75, 3.05) is 19.6 Å². The van der Waals surface area contributed by atoms with Gasteiger partial charge in [0.25, 0.3) is 0 Å². The summed E-state index contributed by atoms with van der Waals surface area (Å²) < 4.78 is 27.9. The number of nitrogens with zero attached hydrogens (tertiary/aromatic N) is 1. The van der Waals surface area contributed by atoms with E-state index >= 15 is 0 Å². The molecular formula is C24H31N3O3S. The molecule has 4 rings (SSSR count). The lowest BCUT2D eigenvalue weighted by molar-refractivity contribution is -0.123. The fourth-order valence-electron chi connectivity index (χ4n) is 4.94. The van der Waals surface area contributed by atoms with E-state index in [1.807, 2.05) is 4.90 Å². The zero-order valence-corrected chi connectivity index (χ0v) is 18.8. The smallest absolute Gasteiger partial charge is 0.240 e. The maximum atomic E-state index is 12.8. The monoisotopic (exact) mass is 441 g/mol. The summed E-state index contributed by atoms with van der Waals surface area (Å²) in [6, 6.07) is 16.9. The third-order valence-electron chi connectivity index (χ3n) is 6.47. The van der Waals surface area contributed by atoms with Crippen LogP contribution in [0.25, 0.3) is 0 Å². The number of hydrogen-bond acceptors (Lipinski definition) is 4. The first-order valence-corrected chi connectivity index (χ1v) is 12.6. The molecule has 0 radical (unpaired) electrons. The van der Waals surface area contributed by atoms with Crippen LogP contribution in [-0.2, 0) is 21.2 Å². The Morgan fingerprint density at radius 2 is 1.81 bits per heavy atom. The molecule has 2 aliphatic rings. The van der Waals surface area contributed by atoms with Crippen molar-refractivity contribution in [3.05, 3.63) is 65.7 Å². The number of carbonyl (C=O) groups excluding carboxylic acids is 1. The van der Waals surface area contributed by atoms with Crippen LogP contribution in [0.5, 0.6) is 0 Å². The van der Waals surface area contributed by atoms with Gasteiger partial charge in [-0.25, -0.2) is 13.1 Å². The summed E-state index contributed by atoms with van der Waals surface area (Å²) in [5, 5.41) is 3.26. The third-order valence-corrected chi connectivity index (χ3v) is 8.00. The lowest BCUT2D eigenvalue weighted by Gasteiger charge is -2.34. The lowest BCUT2D eigenvalue weighted by atomic mass is 9.78. The van der Waals surface area contributed by atoms with E-state index in [1.165, 1.54) is 11.1 Å². The number of fused-ring (bicyclic) bond motifs is 1. The fourth-order valence-corrected chi connectivity index (χ4v) is 6.23. The van der Waals surface area contributed by atoms with Crippen LogP contribution in [0.15, 0.2) is 59.5 Å². The van der Waals surface area contributed by atoms with E-state index in [4.69, 9.17) is 0 Å². The molecule has 166 valence electrons. The van der Waals surface area contributed by atoms with Gasteiger partial charge in [-0.3, -0.25) is 9.69 Å². The molecule has 1 fully saturated rings. The number of carbonyl (C=O) groups is 1. The van der Waals surface area contributed by atoms with Gasteiger partial charge in [-0.15, -0.1) is 0 Å². The van der Waals surface area contributed by atoms with Crippen molar-refractivity contribution >= 4 is 15.9 Å². The highest BCUT2D eigenvalue weighted by Crippen LogP contribution is 2.34. The summed E-state index contributed by atoms with van der Waals surface area (Å²) in [5.74, 6) is 0.368. The fraction of sp³-hybridized carbons (Fsp3) is 0.458. The van der Waals surface area contributed by atoms with E-state index in [0.29, 0.717) is 32.0 Å². The van der Waals surface area contributed by atoms with E-state index in [0.717, 1.165) is 19.3 Å². The van der Waals surface area contributed by atoms with Crippen LogP contribution in [0, 0.1) is 0 Å². The Hall–Kier alpha value is -2.22. The summed E-state index contributed by atoms with van der Waals surface area (Å²) in [4.78, 5) is 15.1. The van der Waals surface area contributed by atoms with Gasteiger partial charge in [0.15, 0.2) is 0 Å². The zero-order chi connectivity index (χ0) is 21.8. The number of aryl methyl sites for hydroxylation is 1. The molecule has 0 bridgehead atoms. The molecule has 0 aromatic heterocycles.